The second kappa shape index (κ2) is 13.0. The van der Waals surface area contributed by atoms with Crippen LogP contribution in [-0.2, 0) is 4.84 Å². The third kappa shape index (κ3) is 6.21. The predicted octanol–water partition coefficient (Wildman–Crippen LogP) is 5.37. The summed E-state index contributed by atoms with van der Waals surface area (Å²) in [5, 5.41) is 7.68. The first-order chi connectivity index (χ1) is 20.7. The molecule has 1 unspecified atom stereocenters. The Hall–Kier alpha value is -4.50. The number of aromatic nitrogens is 4. The molecule has 9 heteroatoms. The van der Waals surface area contributed by atoms with Gasteiger partial charge in [0.25, 0.3) is 0 Å². The number of imidazole rings is 1. The molecular weight excluding hydrogens is 526 g/mol. The molecule has 6 rings (SSSR count). The van der Waals surface area contributed by atoms with Gasteiger partial charge < -0.3 is 19.8 Å². The van der Waals surface area contributed by atoms with Crippen LogP contribution >= 0.6 is 0 Å². The topological polar surface area (TPSA) is 89.7 Å². The summed E-state index contributed by atoms with van der Waals surface area (Å²) >= 11 is 0. The zero-order valence-electron chi connectivity index (χ0n) is 24.2. The number of allylic oxidation sites excluding steroid dienone is 2. The van der Waals surface area contributed by atoms with Crippen molar-refractivity contribution in [3.05, 3.63) is 103 Å². The van der Waals surface area contributed by atoms with Gasteiger partial charge >= 0.3 is 0 Å². The minimum Gasteiger partial charge on any atom is -0.494 e. The van der Waals surface area contributed by atoms with Crippen molar-refractivity contribution in [3.63, 3.8) is 0 Å². The number of ether oxygens (including phenoxy) is 1. The van der Waals surface area contributed by atoms with Crippen LogP contribution in [0.3, 0.4) is 0 Å². The summed E-state index contributed by atoms with van der Waals surface area (Å²) in [5.41, 5.74) is 5.20. The number of benzene rings is 2. The standard InChI is InChI=1S/C33H37N7O2/c1-24-8-13-30-29(23-24)37-33(28-7-3-4-16-34-28)40(30)26-9-11-27(12-10-26)42-22-6-19-39-20-14-25(15-21-39)31(38-41-2)32-35-17-5-18-36-32/h3-5,7-13,16-18,23,25,28,34H,6,14-15,19-22H2,1-2H3. The number of oxime groups is 1. The molecule has 1 N–H and O–H groups in total. The fraction of sp³-hybridized carbons (Fsp3) is 0.333. The highest BCUT2D eigenvalue weighted by molar-refractivity contribution is 5.98. The number of likely N-dealkylation sites (tertiary alicyclic amines) is 1. The Morgan fingerprint density at radius 1 is 1.05 bits per heavy atom. The summed E-state index contributed by atoms with van der Waals surface area (Å²) in [6.07, 6.45) is 14.6. The van der Waals surface area contributed by atoms with Gasteiger partial charge in [-0.2, -0.15) is 0 Å². The van der Waals surface area contributed by atoms with E-state index in [1.54, 1.807) is 19.5 Å². The Balaban J connectivity index is 1.03. The van der Waals surface area contributed by atoms with Crippen molar-refractivity contribution in [1.29, 1.82) is 0 Å². The lowest BCUT2D eigenvalue weighted by Crippen LogP contribution is -2.38. The van der Waals surface area contributed by atoms with Crippen molar-refractivity contribution in [3.8, 4) is 11.4 Å². The molecule has 2 aromatic heterocycles. The van der Waals surface area contributed by atoms with Gasteiger partial charge in [0.15, 0.2) is 5.82 Å². The number of rotatable bonds is 10. The second-order valence-corrected chi connectivity index (χ2v) is 10.7. The molecule has 0 bridgehead atoms. The molecule has 0 aliphatic carbocycles. The highest BCUT2D eigenvalue weighted by Gasteiger charge is 2.26. The Morgan fingerprint density at radius 2 is 1.86 bits per heavy atom. The summed E-state index contributed by atoms with van der Waals surface area (Å²) in [6.45, 7) is 5.80. The van der Waals surface area contributed by atoms with Crippen LogP contribution < -0.4 is 10.1 Å². The Labute approximate surface area is 246 Å². The third-order valence-electron chi connectivity index (χ3n) is 7.84. The normalized spacial score (nSPS) is 17.9. The van der Waals surface area contributed by atoms with Crippen LogP contribution in [0.15, 0.2) is 90.5 Å². The van der Waals surface area contributed by atoms with Crippen molar-refractivity contribution in [1.82, 2.24) is 29.7 Å². The summed E-state index contributed by atoms with van der Waals surface area (Å²) in [6, 6.07) is 16.6. The van der Waals surface area contributed by atoms with Gasteiger partial charge in [-0.1, -0.05) is 23.4 Å². The predicted molar refractivity (Wildman–Crippen MR) is 165 cm³/mol. The van der Waals surface area contributed by atoms with Gasteiger partial charge in [0.05, 0.1) is 17.6 Å². The van der Waals surface area contributed by atoms with Crippen LogP contribution in [0.1, 0.15) is 42.5 Å². The van der Waals surface area contributed by atoms with Gasteiger partial charge in [-0.3, -0.25) is 4.57 Å². The molecule has 1 fully saturated rings. The molecule has 1 saturated heterocycles. The molecule has 4 aromatic rings. The zero-order valence-corrected chi connectivity index (χ0v) is 24.2. The number of dihydropyridines is 1. The fourth-order valence-electron chi connectivity index (χ4n) is 5.72. The van der Waals surface area contributed by atoms with Crippen molar-refractivity contribution < 1.29 is 9.57 Å². The van der Waals surface area contributed by atoms with Crippen molar-refractivity contribution >= 4 is 16.7 Å². The Kier molecular flexibility index (Phi) is 8.56. The highest BCUT2D eigenvalue weighted by Crippen LogP contribution is 2.29. The molecule has 9 nitrogen and oxygen atoms in total. The minimum atomic E-state index is 0.00854. The van der Waals surface area contributed by atoms with Gasteiger partial charge in [0, 0.05) is 30.5 Å². The SMILES string of the molecule is CON=C(c1ncccn1)C1CCN(CCCOc2ccc(-n3c(C4C=CC=CN4)nc4cc(C)ccc43)cc2)CC1. The van der Waals surface area contributed by atoms with Gasteiger partial charge in [-0.15, -0.1) is 0 Å². The zero-order chi connectivity index (χ0) is 28.7. The first-order valence-electron chi connectivity index (χ1n) is 14.6. The number of fused-ring (bicyclic) bond motifs is 1. The van der Waals surface area contributed by atoms with E-state index >= 15 is 0 Å². The van der Waals surface area contributed by atoms with Gasteiger partial charge in [-0.05, 0) is 99.6 Å². The smallest absolute Gasteiger partial charge is 0.177 e. The summed E-state index contributed by atoms with van der Waals surface area (Å²) in [4.78, 5) is 21.4. The summed E-state index contributed by atoms with van der Waals surface area (Å²) < 4.78 is 8.36. The molecule has 1 atom stereocenters. The molecule has 0 amide bonds. The van der Waals surface area contributed by atoms with E-state index in [-0.39, 0.29) is 6.04 Å². The first-order valence-corrected chi connectivity index (χ1v) is 14.6. The van der Waals surface area contributed by atoms with E-state index in [1.807, 2.05) is 18.3 Å². The number of nitrogens with zero attached hydrogens (tertiary/aromatic N) is 6. The van der Waals surface area contributed by atoms with Gasteiger partial charge in [0.1, 0.15) is 30.4 Å². The molecule has 0 radical (unpaired) electrons. The van der Waals surface area contributed by atoms with Gasteiger partial charge in [-0.25, -0.2) is 15.0 Å². The summed E-state index contributed by atoms with van der Waals surface area (Å²) in [5.74, 6) is 2.80. The van der Waals surface area contributed by atoms with Crippen LogP contribution in [0, 0.1) is 12.8 Å². The molecule has 42 heavy (non-hydrogen) atoms. The van der Waals surface area contributed by atoms with E-state index in [0.29, 0.717) is 18.3 Å². The van der Waals surface area contributed by atoms with Crippen LogP contribution in [0.2, 0.25) is 0 Å². The molecule has 2 aromatic carbocycles. The highest BCUT2D eigenvalue weighted by atomic mass is 16.6. The fourth-order valence-corrected chi connectivity index (χ4v) is 5.72. The van der Waals surface area contributed by atoms with E-state index in [9.17, 15) is 0 Å². The number of nitrogens with one attached hydrogen (secondary N) is 1. The lowest BCUT2D eigenvalue weighted by molar-refractivity contribution is 0.183. The number of hydrogen-bond donors (Lipinski definition) is 1. The van der Waals surface area contributed by atoms with Crippen LogP contribution in [-0.4, -0.2) is 63.5 Å². The largest absolute Gasteiger partial charge is 0.494 e. The maximum atomic E-state index is 6.13. The third-order valence-corrected chi connectivity index (χ3v) is 7.84. The molecule has 2 aliphatic heterocycles. The number of hydrogen-bond acceptors (Lipinski definition) is 8. The summed E-state index contributed by atoms with van der Waals surface area (Å²) in [7, 11) is 1.58. The minimum absolute atomic E-state index is 0.00854. The maximum absolute atomic E-state index is 6.13. The quantitative estimate of drug-likeness (QED) is 0.158. The lowest BCUT2D eigenvalue weighted by atomic mass is 9.91. The number of aryl methyl sites for hydroxylation is 1. The van der Waals surface area contributed by atoms with E-state index in [4.69, 9.17) is 14.6 Å². The maximum Gasteiger partial charge on any atom is 0.177 e. The van der Waals surface area contributed by atoms with E-state index in [0.717, 1.165) is 72.9 Å². The average molecular weight is 564 g/mol. The lowest BCUT2D eigenvalue weighted by Gasteiger charge is -2.31. The molecular formula is C33H37N7O2. The van der Waals surface area contributed by atoms with Gasteiger partial charge in [0.2, 0.25) is 0 Å². The van der Waals surface area contributed by atoms with E-state index < -0.39 is 0 Å². The van der Waals surface area contributed by atoms with E-state index in [1.165, 1.54) is 5.56 Å². The van der Waals surface area contributed by atoms with Crippen LogP contribution in [0.25, 0.3) is 16.7 Å². The molecule has 216 valence electrons. The molecule has 0 spiro atoms. The molecule has 4 heterocycles. The number of piperidine rings is 1. The average Bonchev–Trinajstić information content (AvgIpc) is 3.42. The van der Waals surface area contributed by atoms with E-state index in [2.05, 4.69) is 91.4 Å². The second-order valence-electron chi connectivity index (χ2n) is 10.7. The van der Waals surface area contributed by atoms with Crippen LogP contribution in [0.4, 0.5) is 0 Å². The molecule has 0 saturated carbocycles. The molecule has 2 aliphatic rings. The monoisotopic (exact) mass is 563 g/mol. The van der Waals surface area contributed by atoms with Crippen LogP contribution in [0.5, 0.6) is 5.75 Å². The Morgan fingerprint density at radius 3 is 2.60 bits per heavy atom. The van der Waals surface area contributed by atoms with Crippen molar-refractivity contribution in [2.24, 2.45) is 11.1 Å². The first kappa shape index (κ1) is 27.7. The van der Waals surface area contributed by atoms with Crippen molar-refractivity contribution in [2.75, 3.05) is 33.4 Å². The van der Waals surface area contributed by atoms with Crippen molar-refractivity contribution in [2.45, 2.75) is 32.2 Å². The Bertz CT molecular complexity index is 1570.